The standard InChI is InChI=1S/C14H16FN3O2/c1-18-9-8-16-14(18)17-13(19)7-4-10-20-12-6-3-2-5-11(12)15/h2-3,5-6,8-9H,4,7,10H2,1H3,(H,16,17,19). The van der Waals surface area contributed by atoms with Crippen molar-refractivity contribution >= 4 is 11.9 Å². The first kappa shape index (κ1) is 14.0. The maximum absolute atomic E-state index is 13.3. The van der Waals surface area contributed by atoms with Crippen LogP contribution in [0.2, 0.25) is 0 Å². The van der Waals surface area contributed by atoms with Crippen LogP contribution in [-0.4, -0.2) is 22.1 Å². The Morgan fingerprint density at radius 1 is 1.45 bits per heavy atom. The lowest BCUT2D eigenvalue weighted by molar-refractivity contribution is -0.116. The van der Waals surface area contributed by atoms with E-state index in [9.17, 15) is 9.18 Å². The van der Waals surface area contributed by atoms with Gasteiger partial charge in [-0.15, -0.1) is 0 Å². The highest BCUT2D eigenvalue weighted by Crippen LogP contribution is 2.15. The summed E-state index contributed by atoms with van der Waals surface area (Å²) in [5.74, 6) is 0.170. The quantitative estimate of drug-likeness (QED) is 0.825. The first-order valence-corrected chi connectivity index (χ1v) is 6.31. The second-order valence-corrected chi connectivity index (χ2v) is 4.29. The number of ether oxygens (including phenoxy) is 1. The maximum atomic E-state index is 13.3. The normalized spacial score (nSPS) is 10.3. The van der Waals surface area contributed by atoms with Crippen LogP contribution in [0.5, 0.6) is 5.75 Å². The second kappa shape index (κ2) is 6.70. The highest BCUT2D eigenvalue weighted by molar-refractivity contribution is 5.88. The van der Waals surface area contributed by atoms with E-state index in [2.05, 4.69) is 10.3 Å². The van der Waals surface area contributed by atoms with Crippen LogP contribution in [0.4, 0.5) is 10.3 Å². The Bertz CT molecular complexity index is 583. The molecule has 2 aromatic rings. The lowest BCUT2D eigenvalue weighted by Crippen LogP contribution is -2.15. The van der Waals surface area contributed by atoms with Crippen LogP contribution in [0.1, 0.15) is 12.8 Å². The zero-order valence-electron chi connectivity index (χ0n) is 11.2. The first-order valence-electron chi connectivity index (χ1n) is 6.31. The van der Waals surface area contributed by atoms with Crippen molar-refractivity contribution in [2.75, 3.05) is 11.9 Å². The van der Waals surface area contributed by atoms with Crippen LogP contribution >= 0.6 is 0 Å². The lowest BCUT2D eigenvalue weighted by atomic mass is 10.3. The molecular formula is C14H16FN3O2. The molecule has 6 heteroatoms. The van der Waals surface area contributed by atoms with Crippen LogP contribution in [-0.2, 0) is 11.8 Å². The smallest absolute Gasteiger partial charge is 0.226 e. The van der Waals surface area contributed by atoms with E-state index in [1.165, 1.54) is 6.07 Å². The van der Waals surface area contributed by atoms with Gasteiger partial charge in [0.05, 0.1) is 6.61 Å². The Kier molecular flexibility index (Phi) is 4.70. The molecule has 0 fully saturated rings. The molecule has 0 spiro atoms. The summed E-state index contributed by atoms with van der Waals surface area (Å²) >= 11 is 0. The lowest BCUT2D eigenvalue weighted by Gasteiger charge is -2.07. The molecular weight excluding hydrogens is 261 g/mol. The Labute approximate surface area is 116 Å². The van der Waals surface area contributed by atoms with E-state index >= 15 is 0 Å². The number of hydrogen-bond acceptors (Lipinski definition) is 3. The van der Waals surface area contributed by atoms with Crippen molar-refractivity contribution in [2.24, 2.45) is 7.05 Å². The van der Waals surface area contributed by atoms with Gasteiger partial charge in [0.25, 0.3) is 0 Å². The van der Waals surface area contributed by atoms with E-state index in [4.69, 9.17) is 4.74 Å². The number of nitrogens with zero attached hydrogens (tertiary/aromatic N) is 2. The molecule has 0 atom stereocenters. The van der Waals surface area contributed by atoms with E-state index in [-0.39, 0.29) is 18.3 Å². The molecule has 1 amide bonds. The van der Waals surface area contributed by atoms with Gasteiger partial charge >= 0.3 is 0 Å². The summed E-state index contributed by atoms with van der Waals surface area (Å²) < 4.78 is 20.2. The molecule has 0 saturated carbocycles. The van der Waals surface area contributed by atoms with E-state index in [1.54, 1.807) is 42.2 Å². The van der Waals surface area contributed by atoms with Crippen molar-refractivity contribution < 1.29 is 13.9 Å². The van der Waals surface area contributed by atoms with Gasteiger partial charge in [0.15, 0.2) is 11.6 Å². The van der Waals surface area contributed by atoms with Gasteiger partial charge in [-0.25, -0.2) is 9.37 Å². The Morgan fingerprint density at radius 3 is 2.95 bits per heavy atom. The Balaban J connectivity index is 1.70. The van der Waals surface area contributed by atoms with Crippen molar-refractivity contribution in [3.05, 3.63) is 42.5 Å². The number of aryl methyl sites for hydroxylation is 1. The van der Waals surface area contributed by atoms with E-state index in [1.807, 2.05) is 0 Å². The zero-order valence-corrected chi connectivity index (χ0v) is 11.2. The van der Waals surface area contributed by atoms with Crippen molar-refractivity contribution in [1.29, 1.82) is 0 Å². The number of carbonyl (C=O) groups excluding carboxylic acids is 1. The number of rotatable bonds is 6. The predicted octanol–water partition coefficient (Wildman–Crippen LogP) is 2.36. The van der Waals surface area contributed by atoms with Crippen LogP contribution < -0.4 is 10.1 Å². The fraction of sp³-hybridized carbons (Fsp3) is 0.286. The van der Waals surface area contributed by atoms with Gasteiger partial charge in [0, 0.05) is 25.9 Å². The van der Waals surface area contributed by atoms with Crippen LogP contribution in [0.25, 0.3) is 0 Å². The summed E-state index contributed by atoms with van der Waals surface area (Å²) in [7, 11) is 1.80. The number of nitrogens with one attached hydrogen (secondary N) is 1. The molecule has 1 aromatic carbocycles. The van der Waals surface area contributed by atoms with E-state index in [0.717, 1.165) is 0 Å². The topological polar surface area (TPSA) is 56.2 Å². The summed E-state index contributed by atoms with van der Waals surface area (Å²) in [5.41, 5.74) is 0. The van der Waals surface area contributed by atoms with E-state index < -0.39 is 5.82 Å². The predicted molar refractivity (Wildman–Crippen MR) is 73.0 cm³/mol. The van der Waals surface area contributed by atoms with Crippen molar-refractivity contribution in [3.63, 3.8) is 0 Å². The molecule has 1 heterocycles. The molecule has 20 heavy (non-hydrogen) atoms. The first-order chi connectivity index (χ1) is 9.66. The van der Waals surface area contributed by atoms with Crippen LogP contribution in [0.3, 0.4) is 0 Å². The number of hydrogen-bond donors (Lipinski definition) is 1. The number of amides is 1. The molecule has 0 aliphatic carbocycles. The zero-order chi connectivity index (χ0) is 14.4. The minimum absolute atomic E-state index is 0.142. The Hall–Kier alpha value is -2.37. The molecule has 0 unspecified atom stereocenters. The molecule has 0 aliphatic heterocycles. The van der Waals surface area contributed by atoms with Gasteiger partial charge in [-0.3, -0.25) is 10.1 Å². The summed E-state index contributed by atoms with van der Waals surface area (Å²) in [6.45, 7) is 0.287. The average Bonchev–Trinajstić information content (AvgIpc) is 2.82. The number of para-hydroxylation sites is 1. The second-order valence-electron chi connectivity index (χ2n) is 4.29. The average molecular weight is 277 g/mol. The SMILES string of the molecule is Cn1ccnc1NC(=O)CCCOc1ccccc1F. The molecule has 0 radical (unpaired) electrons. The third-order valence-corrected chi connectivity index (χ3v) is 2.71. The third-order valence-electron chi connectivity index (χ3n) is 2.71. The van der Waals surface area contributed by atoms with Gasteiger partial charge in [0.1, 0.15) is 0 Å². The molecule has 5 nitrogen and oxygen atoms in total. The molecule has 0 bridgehead atoms. The van der Waals surface area contributed by atoms with Gasteiger partial charge in [-0.05, 0) is 18.6 Å². The fourth-order valence-electron chi connectivity index (χ4n) is 1.65. The number of aromatic nitrogens is 2. The Morgan fingerprint density at radius 2 is 2.25 bits per heavy atom. The van der Waals surface area contributed by atoms with Crippen LogP contribution in [0, 0.1) is 5.82 Å². The van der Waals surface area contributed by atoms with Gasteiger partial charge in [-0.1, -0.05) is 12.1 Å². The summed E-state index contributed by atoms with van der Waals surface area (Å²) in [6, 6.07) is 6.20. The highest BCUT2D eigenvalue weighted by atomic mass is 19.1. The number of benzene rings is 1. The maximum Gasteiger partial charge on any atom is 0.226 e. The van der Waals surface area contributed by atoms with E-state index in [0.29, 0.717) is 18.8 Å². The highest BCUT2D eigenvalue weighted by Gasteiger charge is 2.06. The molecule has 1 aromatic heterocycles. The molecule has 106 valence electrons. The largest absolute Gasteiger partial charge is 0.491 e. The molecule has 0 aliphatic rings. The van der Waals surface area contributed by atoms with Gasteiger partial charge < -0.3 is 9.30 Å². The number of halogens is 1. The fourth-order valence-corrected chi connectivity index (χ4v) is 1.65. The monoisotopic (exact) mass is 277 g/mol. The van der Waals surface area contributed by atoms with Gasteiger partial charge in [0.2, 0.25) is 11.9 Å². The van der Waals surface area contributed by atoms with Crippen molar-refractivity contribution in [2.45, 2.75) is 12.8 Å². The number of anilines is 1. The minimum Gasteiger partial charge on any atom is -0.491 e. The molecule has 2 rings (SSSR count). The van der Waals surface area contributed by atoms with Crippen LogP contribution in [0.15, 0.2) is 36.7 Å². The van der Waals surface area contributed by atoms with Crippen molar-refractivity contribution in [1.82, 2.24) is 9.55 Å². The van der Waals surface area contributed by atoms with Gasteiger partial charge in [-0.2, -0.15) is 0 Å². The third kappa shape index (κ3) is 3.81. The molecule has 1 N–H and O–H groups in total. The summed E-state index contributed by atoms with van der Waals surface area (Å²) in [6.07, 6.45) is 4.15. The molecule has 0 saturated heterocycles. The van der Waals surface area contributed by atoms with Crippen molar-refractivity contribution in [3.8, 4) is 5.75 Å². The number of imidazole rings is 1. The number of carbonyl (C=O) groups is 1. The summed E-state index contributed by atoms with van der Waals surface area (Å²) in [5, 5.41) is 2.68. The summed E-state index contributed by atoms with van der Waals surface area (Å²) in [4.78, 5) is 15.6. The minimum atomic E-state index is -0.398.